The largest absolute Gasteiger partial charge is 0.504 e. The number of ether oxygens (including phenoxy) is 2. The number of benzene rings is 1. The van der Waals surface area contributed by atoms with Crippen molar-refractivity contribution < 1.29 is 23.5 Å². The van der Waals surface area contributed by atoms with Crippen LogP contribution in [0.5, 0.6) is 11.5 Å². The molecule has 5 heteroatoms. The molecule has 0 saturated carbocycles. The summed E-state index contributed by atoms with van der Waals surface area (Å²) < 4.78 is 30.0. The van der Waals surface area contributed by atoms with Gasteiger partial charge in [-0.2, -0.15) is 0 Å². The van der Waals surface area contributed by atoms with Crippen molar-refractivity contribution in [1.82, 2.24) is 0 Å². The van der Waals surface area contributed by atoms with Crippen molar-refractivity contribution in [3.05, 3.63) is 17.7 Å². The van der Waals surface area contributed by atoms with E-state index in [9.17, 15) is 9.90 Å². The Hall–Kier alpha value is -1.91. The molecule has 0 spiro atoms. The molecular weight excluding hydrogens is 198 g/mol. The van der Waals surface area contributed by atoms with Crippen LogP contribution in [0.25, 0.3) is 0 Å². The highest BCUT2D eigenvalue weighted by molar-refractivity contribution is 5.96. The third-order valence-corrected chi connectivity index (χ3v) is 1.74. The van der Waals surface area contributed by atoms with Crippen LogP contribution < -0.4 is 10.5 Å². The van der Waals surface area contributed by atoms with E-state index >= 15 is 0 Å². The molecule has 0 atom stereocenters. The van der Waals surface area contributed by atoms with Crippen molar-refractivity contribution >= 4 is 11.7 Å². The Labute approximate surface area is 91.6 Å². The lowest BCUT2D eigenvalue weighted by Gasteiger charge is -2.08. The number of carbonyl (C=O) groups is 1. The average Bonchev–Trinajstić information content (AvgIpc) is 2.21. The van der Waals surface area contributed by atoms with Gasteiger partial charge in [0.15, 0.2) is 11.5 Å². The van der Waals surface area contributed by atoms with Crippen molar-refractivity contribution in [3.8, 4) is 11.5 Å². The van der Waals surface area contributed by atoms with Gasteiger partial charge in [-0.15, -0.1) is 0 Å². The molecule has 0 bridgehead atoms. The first kappa shape index (κ1) is 7.39. The molecule has 0 aromatic heterocycles. The molecular formula is C10H13NO4. The number of nitrogen functional groups attached to an aromatic ring is 1. The number of phenolic OH excluding ortho intramolecular Hbond substituents is 1. The Balaban J connectivity index is 3.08. The lowest BCUT2D eigenvalue weighted by atomic mass is 10.1. The topological polar surface area (TPSA) is 81.8 Å². The van der Waals surface area contributed by atoms with Gasteiger partial charge in [0, 0.05) is 12.1 Å². The monoisotopic (exact) mass is 214 g/mol. The van der Waals surface area contributed by atoms with Crippen LogP contribution in [0.1, 0.15) is 21.4 Å². The van der Waals surface area contributed by atoms with E-state index < -0.39 is 18.8 Å². The van der Waals surface area contributed by atoms with Crippen molar-refractivity contribution in [3.63, 3.8) is 0 Å². The van der Waals surface area contributed by atoms with Gasteiger partial charge in [-0.25, -0.2) is 4.79 Å². The molecule has 1 rings (SSSR count). The summed E-state index contributed by atoms with van der Waals surface area (Å²) in [5.41, 5.74) is 5.48. The smallest absolute Gasteiger partial charge is 0.340 e. The molecule has 0 aliphatic rings. The molecule has 0 aliphatic carbocycles. The SMILES string of the molecule is [2H]C([2H])([2H])Oc1cc(N)c(C(=O)OCC)cc1O. The Morgan fingerprint density at radius 3 is 3.00 bits per heavy atom. The van der Waals surface area contributed by atoms with E-state index in [1.165, 1.54) is 0 Å². The fraction of sp³-hybridized carbons (Fsp3) is 0.300. The van der Waals surface area contributed by atoms with Gasteiger partial charge in [0.2, 0.25) is 0 Å². The molecule has 0 aliphatic heterocycles. The summed E-state index contributed by atoms with van der Waals surface area (Å²) in [7, 11) is -2.71. The summed E-state index contributed by atoms with van der Waals surface area (Å²) in [4.78, 5) is 11.4. The maximum absolute atomic E-state index is 11.4. The predicted octanol–water partition coefficient (Wildman–Crippen LogP) is 1.16. The van der Waals surface area contributed by atoms with Gasteiger partial charge in [-0.05, 0) is 6.92 Å². The minimum Gasteiger partial charge on any atom is -0.504 e. The number of hydrogen-bond donors (Lipinski definition) is 2. The minimum atomic E-state index is -2.71. The molecule has 0 fully saturated rings. The molecule has 3 N–H and O–H groups in total. The lowest BCUT2D eigenvalue weighted by molar-refractivity contribution is 0.0527. The Bertz CT molecular complexity index is 459. The lowest BCUT2D eigenvalue weighted by Crippen LogP contribution is -2.08. The van der Waals surface area contributed by atoms with E-state index in [0.29, 0.717) is 0 Å². The molecule has 15 heavy (non-hydrogen) atoms. The minimum absolute atomic E-state index is 0.0366. The summed E-state index contributed by atoms with van der Waals surface area (Å²) in [5.74, 6) is -1.52. The van der Waals surface area contributed by atoms with E-state index in [0.717, 1.165) is 12.1 Å². The summed E-state index contributed by atoms with van der Waals surface area (Å²) in [6.07, 6.45) is 0. The summed E-state index contributed by atoms with van der Waals surface area (Å²) in [6.45, 7) is 1.78. The normalized spacial score (nSPS) is 13.5. The van der Waals surface area contributed by atoms with Gasteiger partial charge in [-0.3, -0.25) is 0 Å². The first-order valence-corrected chi connectivity index (χ1v) is 4.23. The number of rotatable bonds is 3. The maximum Gasteiger partial charge on any atom is 0.340 e. The molecule has 0 heterocycles. The Kier molecular flexibility index (Phi) is 2.24. The third kappa shape index (κ3) is 2.31. The number of esters is 1. The van der Waals surface area contributed by atoms with Crippen LogP contribution in [-0.4, -0.2) is 24.7 Å². The zero-order valence-electron chi connectivity index (χ0n) is 11.1. The number of nitrogens with two attached hydrogens (primary N) is 1. The molecule has 1 aromatic rings. The second-order valence-corrected chi connectivity index (χ2v) is 2.73. The zero-order valence-corrected chi connectivity index (χ0v) is 8.11. The maximum atomic E-state index is 11.4. The van der Waals surface area contributed by atoms with Crippen molar-refractivity contribution in [1.29, 1.82) is 0 Å². The molecule has 0 amide bonds. The van der Waals surface area contributed by atoms with Gasteiger partial charge in [0.05, 0.1) is 29.0 Å². The van der Waals surface area contributed by atoms with Crippen LogP contribution in [0.15, 0.2) is 12.1 Å². The number of carbonyl (C=O) groups excluding carboxylic acids is 1. The Morgan fingerprint density at radius 1 is 1.67 bits per heavy atom. The summed E-state index contributed by atoms with van der Waals surface area (Å²) in [6, 6.07) is 2.07. The van der Waals surface area contributed by atoms with Crippen molar-refractivity contribution in [2.45, 2.75) is 6.92 Å². The van der Waals surface area contributed by atoms with Crippen LogP contribution in [-0.2, 0) is 4.74 Å². The van der Waals surface area contributed by atoms with Crippen LogP contribution in [0, 0.1) is 0 Å². The van der Waals surface area contributed by atoms with Crippen LogP contribution in [0.4, 0.5) is 5.69 Å². The summed E-state index contributed by atoms with van der Waals surface area (Å²) >= 11 is 0. The first-order valence-electron chi connectivity index (χ1n) is 5.73. The Morgan fingerprint density at radius 2 is 2.40 bits per heavy atom. The van der Waals surface area contributed by atoms with Gasteiger partial charge >= 0.3 is 5.97 Å². The number of methoxy groups -OCH3 is 1. The summed E-state index contributed by atoms with van der Waals surface area (Å²) in [5, 5.41) is 9.56. The molecule has 0 saturated heterocycles. The second-order valence-electron chi connectivity index (χ2n) is 2.73. The van der Waals surface area contributed by atoms with Crippen LogP contribution >= 0.6 is 0 Å². The first-order chi connectivity index (χ1) is 8.24. The highest BCUT2D eigenvalue weighted by Crippen LogP contribution is 2.31. The quantitative estimate of drug-likeness (QED) is 0.448. The van der Waals surface area contributed by atoms with E-state index in [1.54, 1.807) is 6.92 Å². The molecule has 0 radical (unpaired) electrons. The second kappa shape index (κ2) is 4.54. The van der Waals surface area contributed by atoms with Crippen LogP contribution in [0.2, 0.25) is 0 Å². The highest BCUT2D eigenvalue weighted by atomic mass is 16.5. The molecule has 1 aromatic carbocycles. The average molecular weight is 214 g/mol. The molecule has 5 nitrogen and oxygen atoms in total. The number of phenols is 1. The fourth-order valence-electron chi connectivity index (χ4n) is 1.05. The van der Waals surface area contributed by atoms with Gasteiger partial charge in [-0.1, -0.05) is 0 Å². The predicted molar refractivity (Wildman–Crippen MR) is 55.0 cm³/mol. The molecule has 82 valence electrons. The highest BCUT2D eigenvalue weighted by Gasteiger charge is 2.14. The number of aromatic hydroxyl groups is 1. The molecule has 0 unspecified atom stereocenters. The van der Waals surface area contributed by atoms with E-state index in [1.807, 2.05) is 0 Å². The number of anilines is 1. The van der Waals surface area contributed by atoms with Gasteiger partial charge in [0.25, 0.3) is 0 Å². The van der Waals surface area contributed by atoms with E-state index in [4.69, 9.17) is 14.6 Å². The zero-order chi connectivity index (χ0) is 13.9. The van der Waals surface area contributed by atoms with Crippen molar-refractivity contribution in [2.24, 2.45) is 0 Å². The van der Waals surface area contributed by atoms with Gasteiger partial charge in [0.1, 0.15) is 0 Å². The van der Waals surface area contributed by atoms with E-state index in [-0.39, 0.29) is 23.6 Å². The van der Waals surface area contributed by atoms with E-state index in [2.05, 4.69) is 4.74 Å². The standard InChI is InChI=1S/C10H13NO4/c1-3-15-10(13)6-4-8(12)9(14-2)5-7(6)11/h4-5,12H,3,11H2,1-2H3/i2D3. The van der Waals surface area contributed by atoms with Crippen molar-refractivity contribution in [2.75, 3.05) is 19.4 Å². The third-order valence-electron chi connectivity index (χ3n) is 1.74. The fourth-order valence-corrected chi connectivity index (χ4v) is 1.05. The van der Waals surface area contributed by atoms with Gasteiger partial charge < -0.3 is 20.3 Å². The van der Waals surface area contributed by atoms with Crippen LogP contribution in [0.3, 0.4) is 0 Å². The number of hydrogen-bond acceptors (Lipinski definition) is 5.